The first kappa shape index (κ1) is 16.6. The summed E-state index contributed by atoms with van der Waals surface area (Å²) in [6, 6.07) is 14.9. The summed E-state index contributed by atoms with van der Waals surface area (Å²) >= 11 is 0. The lowest BCUT2D eigenvalue weighted by Gasteiger charge is -2.21. The highest BCUT2D eigenvalue weighted by atomic mass is 16.7. The summed E-state index contributed by atoms with van der Waals surface area (Å²) in [6.45, 7) is 4.44. The van der Waals surface area contributed by atoms with Crippen molar-refractivity contribution in [1.82, 2.24) is 4.90 Å². The first-order chi connectivity index (χ1) is 12.6. The maximum absolute atomic E-state index is 12.2. The third kappa shape index (κ3) is 2.94. The molecule has 0 aromatic heterocycles. The van der Waals surface area contributed by atoms with Gasteiger partial charge in [0.2, 0.25) is 6.79 Å². The average Bonchev–Trinajstić information content (AvgIpc) is 3.22. The van der Waals surface area contributed by atoms with E-state index < -0.39 is 12.1 Å². The zero-order chi connectivity index (χ0) is 18.1. The number of fused-ring (bicyclic) bond motifs is 2. The molecule has 0 spiro atoms. The first-order valence-corrected chi connectivity index (χ1v) is 8.80. The summed E-state index contributed by atoms with van der Waals surface area (Å²) in [5.74, 6) is 0.0178. The van der Waals surface area contributed by atoms with Crippen molar-refractivity contribution in [2.75, 3.05) is 19.9 Å². The minimum Gasteiger partial charge on any atom is -0.428 e. The van der Waals surface area contributed by atoms with Crippen LogP contribution >= 0.6 is 0 Å². The molecule has 1 saturated heterocycles. The normalized spacial score (nSPS) is 23.4. The Labute approximate surface area is 152 Å². The van der Waals surface area contributed by atoms with Gasteiger partial charge in [0.1, 0.15) is 0 Å². The summed E-state index contributed by atoms with van der Waals surface area (Å²) in [5.41, 5.74) is 1.33. The zero-order valence-electron chi connectivity index (χ0n) is 14.5. The highest BCUT2D eigenvalue weighted by molar-refractivity contribution is 5.83. The Kier molecular flexibility index (Phi) is 4.15. The van der Waals surface area contributed by atoms with Crippen LogP contribution in [0, 0.1) is 5.92 Å². The fourth-order valence-corrected chi connectivity index (χ4v) is 3.98. The first-order valence-electron chi connectivity index (χ1n) is 8.80. The fraction of sp³-hybridized carbons (Fsp3) is 0.333. The number of esters is 1. The highest BCUT2D eigenvalue weighted by Crippen LogP contribution is 2.59. The van der Waals surface area contributed by atoms with E-state index in [1.165, 1.54) is 22.4 Å². The molecule has 2 atom stereocenters. The second-order valence-corrected chi connectivity index (χ2v) is 7.04. The average molecular weight is 351 g/mol. The molecule has 1 saturated carbocycles. The predicted molar refractivity (Wildman–Crippen MR) is 97.6 cm³/mol. The molecule has 1 aliphatic heterocycles. The second kappa shape index (κ2) is 6.48. The number of piperidine rings is 1. The SMILES string of the molecule is C=CCC(=O)OCOC(=O)N1C[C@H]2C[C@@]2(c2ccc3ccccc3c2)C1. The summed E-state index contributed by atoms with van der Waals surface area (Å²) in [6.07, 6.45) is 2.23. The van der Waals surface area contributed by atoms with E-state index in [0.29, 0.717) is 19.0 Å². The Morgan fingerprint density at radius 2 is 2.00 bits per heavy atom. The van der Waals surface area contributed by atoms with Gasteiger partial charge >= 0.3 is 12.1 Å². The van der Waals surface area contributed by atoms with Gasteiger partial charge in [0, 0.05) is 18.5 Å². The molecule has 0 N–H and O–H groups in total. The van der Waals surface area contributed by atoms with Crippen molar-refractivity contribution in [1.29, 1.82) is 0 Å². The molecule has 26 heavy (non-hydrogen) atoms. The number of nitrogens with zero attached hydrogens (tertiary/aromatic N) is 1. The number of ether oxygens (including phenoxy) is 2. The highest BCUT2D eigenvalue weighted by Gasteiger charge is 2.61. The van der Waals surface area contributed by atoms with Gasteiger partial charge in [-0.1, -0.05) is 48.5 Å². The second-order valence-electron chi connectivity index (χ2n) is 7.04. The van der Waals surface area contributed by atoms with Gasteiger partial charge in [-0.2, -0.15) is 0 Å². The number of benzene rings is 2. The Hall–Kier alpha value is -2.82. The van der Waals surface area contributed by atoms with Crippen molar-refractivity contribution in [3.05, 3.63) is 60.7 Å². The number of likely N-dealkylation sites (tertiary alicyclic amines) is 1. The zero-order valence-corrected chi connectivity index (χ0v) is 14.5. The molecule has 2 aromatic carbocycles. The van der Waals surface area contributed by atoms with Gasteiger partial charge in [0.25, 0.3) is 0 Å². The van der Waals surface area contributed by atoms with Crippen LogP contribution in [-0.4, -0.2) is 36.8 Å². The lowest BCUT2D eigenvalue weighted by atomic mass is 9.93. The Morgan fingerprint density at radius 3 is 2.81 bits per heavy atom. The van der Waals surface area contributed by atoms with Crippen LogP contribution in [-0.2, 0) is 19.7 Å². The van der Waals surface area contributed by atoms with Crippen LogP contribution in [0.25, 0.3) is 10.8 Å². The molecule has 5 nitrogen and oxygen atoms in total. The van der Waals surface area contributed by atoms with Gasteiger partial charge < -0.3 is 14.4 Å². The van der Waals surface area contributed by atoms with E-state index in [1.807, 2.05) is 12.1 Å². The van der Waals surface area contributed by atoms with Gasteiger partial charge in [0.15, 0.2) is 0 Å². The van der Waals surface area contributed by atoms with Crippen LogP contribution in [0.2, 0.25) is 0 Å². The van der Waals surface area contributed by atoms with Crippen molar-refractivity contribution >= 4 is 22.8 Å². The Balaban J connectivity index is 1.39. The van der Waals surface area contributed by atoms with E-state index in [2.05, 4.69) is 36.9 Å². The van der Waals surface area contributed by atoms with Crippen LogP contribution in [0.1, 0.15) is 18.4 Å². The number of carbonyl (C=O) groups is 2. The Morgan fingerprint density at radius 1 is 1.19 bits per heavy atom. The van der Waals surface area contributed by atoms with Crippen molar-refractivity contribution in [3.63, 3.8) is 0 Å². The monoisotopic (exact) mass is 351 g/mol. The van der Waals surface area contributed by atoms with Crippen LogP contribution in [0.5, 0.6) is 0 Å². The number of amides is 1. The van der Waals surface area contributed by atoms with E-state index in [0.717, 1.165) is 6.42 Å². The van der Waals surface area contributed by atoms with Crippen LogP contribution in [0.3, 0.4) is 0 Å². The van der Waals surface area contributed by atoms with Crippen molar-refractivity contribution in [3.8, 4) is 0 Å². The van der Waals surface area contributed by atoms with Gasteiger partial charge in [-0.3, -0.25) is 4.79 Å². The predicted octanol–water partition coefficient (Wildman–Crippen LogP) is 3.63. The largest absolute Gasteiger partial charge is 0.428 e. The number of carbonyl (C=O) groups excluding carboxylic acids is 2. The molecular weight excluding hydrogens is 330 g/mol. The van der Waals surface area contributed by atoms with Gasteiger partial charge in [-0.05, 0) is 28.7 Å². The van der Waals surface area contributed by atoms with E-state index in [9.17, 15) is 9.59 Å². The molecule has 0 bridgehead atoms. The van der Waals surface area contributed by atoms with E-state index >= 15 is 0 Å². The summed E-state index contributed by atoms with van der Waals surface area (Å²) in [5, 5.41) is 2.45. The third-order valence-electron chi connectivity index (χ3n) is 5.44. The minimum atomic E-state index is -0.454. The summed E-state index contributed by atoms with van der Waals surface area (Å²) in [4.78, 5) is 25.2. The van der Waals surface area contributed by atoms with Crippen molar-refractivity contribution in [2.45, 2.75) is 18.3 Å². The molecule has 0 unspecified atom stereocenters. The molecule has 1 heterocycles. The summed E-state index contributed by atoms with van der Waals surface area (Å²) in [7, 11) is 0. The smallest absolute Gasteiger partial charge is 0.412 e. The van der Waals surface area contributed by atoms with Gasteiger partial charge in [-0.25, -0.2) is 4.79 Å². The summed E-state index contributed by atoms with van der Waals surface area (Å²) < 4.78 is 9.90. The fourth-order valence-electron chi connectivity index (χ4n) is 3.98. The standard InChI is InChI=1S/C21H21NO4/c1-2-5-19(23)25-14-26-20(24)22-12-18-11-21(18,13-22)17-9-8-15-6-3-4-7-16(15)10-17/h2-4,6-10,18H,1,5,11-14H2/t18-,21+/m1/s1. The third-order valence-corrected chi connectivity index (χ3v) is 5.44. The molecule has 2 fully saturated rings. The maximum atomic E-state index is 12.2. The molecular formula is C21H21NO4. The molecule has 1 aliphatic carbocycles. The Bertz CT molecular complexity index is 877. The topological polar surface area (TPSA) is 55.8 Å². The quantitative estimate of drug-likeness (QED) is 0.469. The van der Waals surface area contributed by atoms with E-state index in [-0.39, 0.29) is 18.6 Å². The van der Waals surface area contributed by atoms with E-state index in [4.69, 9.17) is 9.47 Å². The number of hydrogen-bond acceptors (Lipinski definition) is 4. The molecule has 5 heteroatoms. The van der Waals surface area contributed by atoms with E-state index in [1.54, 1.807) is 4.90 Å². The molecule has 134 valence electrons. The molecule has 4 rings (SSSR count). The van der Waals surface area contributed by atoms with Crippen molar-refractivity contribution in [2.24, 2.45) is 5.92 Å². The molecule has 0 radical (unpaired) electrons. The molecule has 2 aliphatic rings. The molecule has 1 amide bonds. The minimum absolute atomic E-state index is 0.0442. The van der Waals surface area contributed by atoms with Crippen LogP contribution < -0.4 is 0 Å². The van der Waals surface area contributed by atoms with Crippen molar-refractivity contribution < 1.29 is 19.1 Å². The van der Waals surface area contributed by atoms with Crippen LogP contribution in [0.15, 0.2) is 55.1 Å². The number of rotatable bonds is 5. The maximum Gasteiger partial charge on any atom is 0.412 e. The number of hydrogen-bond donors (Lipinski definition) is 0. The van der Waals surface area contributed by atoms with Gasteiger partial charge in [-0.15, -0.1) is 6.58 Å². The lowest BCUT2D eigenvalue weighted by Crippen LogP contribution is -2.34. The lowest BCUT2D eigenvalue weighted by molar-refractivity contribution is -0.151. The van der Waals surface area contributed by atoms with Crippen LogP contribution in [0.4, 0.5) is 4.79 Å². The van der Waals surface area contributed by atoms with Gasteiger partial charge in [0.05, 0.1) is 6.42 Å². The molecule has 2 aromatic rings.